The van der Waals surface area contributed by atoms with Crippen molar-refractivity contribution in [2.24, 2.45) is 5.73 Å². The summed E-state index contributed by atoms with van der Waals surface area (Å²) in [5.74, 6) is 0. The quantitative estimate of drug-likeness (QED) is 0.103. The van der Waals surface area contributed by atoms with E-state index in [0.717, 1.165) is 12.5 Å². The van der Waals surface area contributed by atoms with E-state index in [1.54, 1.807) is 21.3 Å². The van der Waals surface area contributed by atoms with Crippen LogP contribution in [0.25, 0.3) is 0 Å². The maximum absolute atomic E-state index is 5.36. The van der Waals surface area contributed by atoms with Crippen LogP contribution in [-0.4, -0.2) is 36.7 Å². The van der Waals surface area contributed by atoms with Crippen LogP contribution in [-0.2, 0) is 13.3 Å². The molecular weight excluding hydrogens is 426 g/mol. The number of nitrogens with two attached hydrogens (primary N) is 1. The molecule has 4 nitrogen and oxygen atoms in total. The molecule has 0 saturated heterocycles. The summed E-state index contributed by atoms with van der Waals surface area (Å²) in [7, 11) is 2.50. The minimum atomic E-state index is -2.32. The Morgan fingerprint density at radius 1 is 0.424 bits per heavy atom. The lowest BCUT2D eigenvalue weighted by molar-refractivity contribution is 0.123. The highest BCUT2D eigenvalue weighted by molar-refractivity contribution is 6.60. The molecule has 202 valence electrons. The summed E-state index contributed by atoms with van der Waals surface area (Å²) in [5, 5.41) is 0. The van der Waals surface area contributed by atoms with Crippen LogP contribution in [0.15, 0.2) is 0 Å². The Balaban J connectivity index is 0. The van der Waals surface area contributed by atoms with Gasteiger partial charge in [0.25, 0.3) is 0 Å². The predicted molar refractivity (Wildman–Crippen MR) is 149 cm³/mol. The summed E-state index contributed by atoms with van der Waals surface area (Å²) < 4.78 is 15.5. The average molecular weight is 490 g/mol. The number of unbranched alkanes of at least 4 members (excludes halogenated alkanes) is 19. The van der Waals surface area contributed by atoms with Crippen molar-refractivity contribution in [1.82, 2.24) is 0 Å². The first kappa shape index (κ1) is 35.2. The van der Waals surface area contributed by atoms with Gasteiger partial charge in [-0.2, -0.15) is 0 Å². The zero-order valence-electron chi connectivity index (χ0n) is 23.6. The van der Waals surface area contributed by atoms with E-state index < -0.39 is 8.80 Å². The van der Waals surface area contributed by atoms with Crippen molar-refractivity contribution in [3.05, 3.63) is 0 Å². The third-order valence-electron chi connectivity index (χ3n) is 6.58. The van der Waals surface area contributed by atoms with Gasteiger partial charge in [-0.25, -0.2) is 0 Å². The fourth-order valence-electron chi connectivity index (χ4n) is 4.20. The summed E-state index contributed by atoms with van der Waals surface area (Å²) in [5.41, 5.74) is 5.36. The molecule has 0 aliphatic carbocycles. The monoisotopic (exact) mass is 489 g/mol. The Morgan fingerprint density at radius 2 is 0.667 bits per heavy atom. The van der Waals surface area contributed by atoms with E-state index in [2.05, 4.69) is 13.8 Å². The Labute approximate surface area is 210 Å². The molecule has 0 spiro atoms. The molecule has 33 heavy (non-hydrogen) atoms. The molecule has 0 atom stereocenters. The minimum absolute atomic E-state index is 0.644. The molecular formula is C28H63NO3Si. The van der Waals surface area contributed by atoms with Crippen molar-refractivity contribution >= 4 is 8.80 Å². The fourth-order valence-corrected chi connectivity index (χ4v) is 5.95. The van der Waals surface area contributed by atoms with Gasteiger partial charge in [-0.05, 0) is 13.0 Å². The number of hydrogen-bond donors (Lipinski definition) is 1. The van der Waals surface area contributed by atoms with Gasteiger partial charge in [0.2, 0.25) is 0 Å². The molecule has 0 aromatic carbocycles. The van der Waals surface area contributed by atoms with Gasteiger partial charge in [-0.1, -0.05) is 142 Å². The average Bonchev–Trinajstić information content (AvgIpc) is 2.85. The second kappa shape index (κ2) is 30.1. The van der Waals surface area contributed by atoms with Crippen LogP contribution >= 0.6 is 0 Å². The first-order chi connectivity index (χ1) is 16.2. The third-order valence-corrected chi connectivity index (χ3v) is 9.41. The van der Waals surface area contributed by atoms with Gasteiger partial charge < -0.3 is 19.0 Å². The van der Waals surface area contributed by atoms with Crippen LogP contribution in [0.1, 0.15) is 149 Å². The second-order valence-electron chi connectivity index (χ2n) is 9.55. The summed E-state index contributed by atoms with van der Waals surface area (Å²) >= 11 is 0. The molecule has 0 aliphatic heterocycles. The third kappa shape index (κ3) is 26.5. The number of hydrogen-bond acceptors (Lipinski definition) is 4. The topological polar surface area (TPSA) is 53.7 Å². The zero-order valence-corrected chi connectivity index (χ0v) is 24.6. The highest BCUT2D eigenvalue weighted by Crippen LogP contribution is 2.15. The lowest BCUT2D eigenvalue weighted by Crippen LogP contribution is -2.42. The molecule has 0 rings (SSSR count). The number of rotatable bonds is 25. The molecule has 0 heterocycles. The molecule has 0 amide bonds. The Hall–Kier alpha value is 0.0569. The fraction of sp³-hybridized carbons (Fsp3) is 1.00. The Morgan fingerprint density at radius 3 is 0.848 bits per heavy atom. The van der Waals surface area contributed by atoms with Gasteiger partial charge in [-0.3, -0.25) is 0 Å². The Kier molecular flexibility index (Phi) is 32.1. The van der Waals surface area contributed by atoms with Crippen LogP contribution in [0, 0.1) is 0 Å². The van der Waals surface area contributed by atoms with E-state index in [0.29, 0.717) is 6.54 Å². The van der Waals surface area contributed by atoms with E-state index in [-0.39, 0.29) is 0 Å². The molecule has 2 N–H and O–H groups in total. The van der Waals surface area contributed by atoms with E-state index in [4.69, 9.17) is 19.0 Å². The van der Waals surface area contributed by atoms with Crippen LogP contribution in [0.3, 0.4) is 0 Å². The minimum Gasteiger partial charge on any atom is -0.377 e. The Bertz CT molecular complexity index is 313. The first-order valence-electron chi connectivity index (χ1n) is 14.5. The van der Waals surface area contributed by atoms with Gasteiger partial charge in [0.15, 0.2) is 0 Å². The van der Waals surface area contributed by atoms with Gasteiger partial charge in [0.05, 0.1) is 0 Å². The van der Waals surface area contributed by atoms with E-state index >= 15 is 0 Å². The smallest absolute Gasteiger partial charge is 0.377 e. The van der Waals surface area contributed by atoms with Crippen molar-refractivity contribution < 1.29 is 13.3 Å². The molecule has 0 radical (unpaired) electrons. The van der Waals surface area contributed by atoms with E-state index in [1.807, 2.05) is 0 Å². The standard InChI is InChI=1S/C22H46.C6H17NO3Si/c1-3-5-7-9-11-13-15-17-19-21-22-20-18-16-14-12-10-8-6-4-2;1-8-11(9-2,10-3)6-4-5-7/h3-22H2,1-2H3;4-7H2,1-3H3. The lowest BCUT2D eigenvalue weighted by Gasteiger charge is -2.23. The van der Waals surface area contributed by atoms with Crippen molar-refractivity contribution in [2.75, 3.05) is 27.9 Å². The maximum atomic E-state index is 5.36. The van der Waals surface area contributed by atoms with Crippen LogP contribution in [0.2, 0.25) is 6.04 Å². The predicted octanol–water partition coefficient (Wildman–Crippen LogP) is 9.04. The van der Waals surface area contributed by atoms with Gasteiger partial charge in [0, 0.05) is 27.4 Å². The molecule has 5 heteroatoms. The van der Waals surface area contributed by atoms with Crippen molar-refractivity contribution in [3.8, 4) is 0 Å². The van der Waals surface area contributed by atoms with Crippen molar-refractivity contribution in [1.29, 1.82) is 0 Å². The molecule has 0 saturated carbocycles. The highest BCUT2D eigenvalue weighted by atomic mass is 28.4. The molecule has 0 aromatic rings. The van der Waals surface area contributed by atoms with Crippen LogP contribution in [0.5, 0.6) is 0 Å². The second-order valence-corrected chi connectivity index (χ2v) is 12.6. The van der Waals surface area contributed by atoms with Crippen LogP contribution < -0.4 is 5.73 Å². The summed E-state index contributed by atoms with van der Waals surface area (Å²) in [6.07, 6.45) is 30.3. The maximum Gasteiger partial charge on any atom is 0.500 e. The summed E-state index contributed by atoms with van der Waals surface area (Å²) in [4.78, 5) is 0. The van der Waals surface area contributed by atoms with Crippen molar-refractivity contribution in [2.45, 2.75) is 155 Å². The van der Waals surface area contributed by atoms with E-state index in [1.165, 1.54) is 128 Å². The summed E-state index contributed by atoms with van der Waals surface area (Å²) in [6.45, 7) is 5.24. The largest absolute Gasteiger partial charge is 0.500 e. The normalized spacial score (nSPS) is 11.5. The molecule has 0 aromatic heterocycles. The van der Waals surface area contributed by atoms with Crippen LogP contribution in [0.4, 0.5) is 0 Å². The lowest BCUT2D eigenvalue weighted by atomic mass is 10.0. The SMILES string of the molecule is CCCCCCCCCCCCCCCCCCCCCC.CO[Si](CCCN)(OC)OC. The first-order valence-corrected chi connectivity index (χ1v) is 16.4. The van der Waals surface area contributed by atoms with Gasteiger partial charge in [0.1, 0.15) is 0 Å². The molecule has 0 unspecified atom stereocenters. The van der Waals surface area contributed by atoms with Gasteiger partial charge in [-0.15, -0.1) is 0 Å². The molecule has 0 fully saturated rings. The highest BCUT2D eigenvalue weighted by Gasteiger charge is 2.36. The van der Waals surface area contributed by atoms with Crippen molar-refractivity contribution in [3.63, 3.8) is 0 Å². The van der Waals surface area contributed by atoms with E-state index in [9.17, 15) is 0 Å². The molecule has 0 bridgehead atoms. The zero-order chi connectivity index (χ0) is 24.9. The molecule has 0 aliphatic rings. The summed E-state index contributed by atoms with van der Waals surface area (Å²) in [6, 6.07) is 0.785. The van der Waals surface area contributed by atoms with Gasteiger partial charge >= 0.3 is 8.80 Å².